The SMILES string of the molecule is C/C=C/C(=O)O[C@@H](C)c1ccccc1. The third kappa shape index (κ3) is 3.05. The van der Waals surface area contributed by atoms with Crippen LogP contribution in [0.5, 0.6) is 0 Å². The van der Waals surface area contributed by atoms with Gasteiger partial charge in [0.2, 0.25) is 0 Å². The van der Waals surface area contributed by atoms with Crippen molar-refractivity contribution in [2.24, 2.45) is 0 Å². The van der Waals surface area contributed by atoms with Crippen LogP contribution in [0, 0.1) is 0 Å². The van der Waals surface area contributed by atoms with E-state index in [0.717, 1.165) is 5.56 Å². The highest BCUT2D eigenvalue weighted by Crippen LogP contribution is 2.15. The van der Waals surface area contributed by atoms with Gasteiger partial charge in [0.15, 0.2) is 0 Å². The van der Waals surface area contributed by atoms with Gasteiger partial charge in [0.1, 0.15) is 6.10 Å². The summed E-state index contributed by atoms with van der Waals surface area (Å²) in [4.78, 5) is 11.1. The maximum atomic E-state index is 11.1. The monoisotopic (exact) mass is 190 g/mol. The smallest absolute Gasteiger partial charge is 0.331 e. The Kier molecular flexibility index (Phi) is 3.92. The fraction of sp³-hybridized carbons (Fsp3) is 0.250. The molecule has 0 aliphatic heterocycles. The molecule has 14 heavy (non-hydrogen) atoms. The van der Waals surface area contributed by atoms with Crippen LogP contribution in [0.25, 0.3) is 0 Å². The van der Waals surface area contributed by atoms with Gasteiger partial charge < -0.3 is 4.74 Å². The summed E-state index contributed by atoms with van der Waals surface area (Å²) < 4.78 is 5.15. The summed E-state index contributed by atoms with van der Waals surface area (Å²) >= 11 is 0. The van der Waals surface area contributed by atoms with E-state index in [4.69, 9.17) is 4.74 Å². The van der Waals surface area contributed by atoms with Crippen LogP contribution in [-0.2, 0) is 9.53 Å². The Balaban J connectivity index is 2.59. The standard InChI is InChI=1S/C12H14O2/c1-3-7-12(13)14-10(2)11-8-5-4-6-9-11/h3-10H,1-2H3/b7-3+/t10-/m0/s1. The zero-order valence-electron chi connectivity index (χ0n) is 8.44. The van der Waals surface area contributed by atoms with Crippen LogP contribution in [0.15, 0.2) is 42.5 Å². The van der Waals surface area contributed by atoms with Crippen LogP contribution >= 0.6 is 0 Å². The van der Waals surface area contributed by atoms with Crippen molar-refractivity contribution in [3.63, 3.8) is 0 Å². The summed E-state index contributed by atoms with van der Waals surface area (Å²) in [7, 11) is 0. The normalized spacial score (nSPS) is 12.7. The molecule has 0 fully saturated rings. The molecule has 0 saturated carbocycles. The van der Waals surface area contributed by atoms with Crippen LogP contribution < -0.4 is 0 Å². The lowest BCUT2D eigenvalue weighted by Gasteiger charge is -2.11. The zero-order chi connectivity index (χ0) is 10.4. The van der Waals surface area contributed by atoms with Crippen molar-refractivity contribution in [1.29, 1.82) is 0 Å². The summed E-state index contributed by atoms with van der Waals surface area (Å²) in [5.74, 6) is -0.302. The molecule has 0 saturated heterocycles. The molecule has 0 aliphatic carbocycles. The summed E-state index contributed by atoms with van der Waals surface area (Å²) in [6.45, 7) is 3.64. The predicted molar refractivity (Wildman–Crippen MR) is 55.8 cm³/mol. The number of ether oxygens (including phenoxy) is 1. The minimum Gasteiger partial charge on any atom is -0.455 e. The Hall–Kier alpha value is -1.57. The second-order valence-corrected chi connectivity index (χ2v) is 2.99. The number of allylic oxidation sites excluding steroid dienone is 1. The molecule has 0 unspecified atom stereocenters. The molecule has 0 spiro atoms. The third-order valence-electron chi connectivity index (χ3n) is 1.86. The van der Waals surface area contributed by atoms with Gasteiger partial charge in [0.05, 0.1) is 0 Å². The van der Waals surface area contributed by atoms with Gasteiger partial charge in [-0.2, -0.15) is 0 Å². The number of esters is 1. The van der Waals surface area contributed by atoms with Crippen molar-refractivity contribution < 1.29 is 9.53 Å². The Bertz CT molecular complexity index is 314. The predicted octanol–water partition coefficient (Wildman–Crippen LogP) is 2.87. The van der Waals surface area contributed by atoms with Crippen molar-refractivity contribution in [1.82, 2.24) is 0 Å². The van der Waals surface area contributed by atoms with Crippen LogP contribution in [0.1, 0.15) is 25.5 Å². The van der Waals surface area contributed by atoms with Gasteiger partial charge in [-0.3, -0.25) is 0 Å². The van der Waals surface area contributed by atoms with Crippen molar-refractivity contribution in [2.45, 2.75) is 20.0 Å². The largest absolute Gasteiger partial charge is 0.455 e. The molecule has 2 nitrogen and oxygen atoms in total. The number of carbonyl (C=O) groups is 1. The second-order valence-electron chi connectivity index (χ2n) is 2.99. The number of hydrogen-bond donors (Lipinski definition) is 0. The highest BCUT2D eigenvalue weighted by Gasteiger charge is 2.07. The molecule has 2 heteroatoms. The first-order chi connectivity index (χ1) is 6.74. The molecule has 1 atom stereocenters. The Morgan fingerprint density at radius 3 is 2.57 bits per heavy atom. The lowest BCUT2D eigenvalue weighted by atomic mass is 10.1. The molecular formula is C12H14O2. The summed E-state index contributed by atoms with van der Waals surface area (Å²) in [5.41, 5.74) is 1.00. The fourth-order valence-electron chi connectivity index (χ4n) is 1.14. The quantitative estimate of drug-likeness (QED) is 0.541. The first-order valence-corrected chi connectivity index (χ1v) is 4.62. The third-order valence-corrected chi connectivity index (χ3v) is 1.86. The van der Waals surface area contributed by atoms with Gasteiger partial charge in [-0.15, -0.1) is 0 Å². The minimum atomic E-state index is -0.302. The van der Waals surface area contributed by atoms with E-state index < -0.39 is 0 Å². The van der Waals surface area contributed by atoms with Crippen LogP contribution in [-0.4, -0.2) is 5.97 Å². The molecule has 0 heterocycles. The molecule has 0 amide bonds. The molecule has 0 aromatic heterocycles. The average Bonchev–Trinajstić information content (AvgIpc) is 2.19. The van der Waals surface area contributed by atoms with E-state index in [0.29, 0.717) is 0 Å². The van der Waals surface area contributed by atoms with Gasteiger partial charge >= 0.3 is 5.97 Å². The number of hydrogen-bond acceptors (Lipinski definition) is 2. The van der Waals surface area contributed by atoms with Gasteiger partial charge in [0.25, 0.3) is 0 Å². The van der Waals surface area contributed by atoms with Crippen molar-refractivity contribution in [3.8, 4) is 0 Å². The van der Waals surface area contributed by atoms with Gasteiger partial charge in [-0.1, -0.05) is 36.4 Å². The minimum absolute atomic E-state index is 0.195. The lowest BCUT2D eigenvalue weighted by molar-refractivity contribution is -0.142. The summed E-state index contributed by atoms with van der Waals surface area (Å²) in [6, 6.07) is 9.66. The summed E-state index contributed by atoms with van der Waals surface area (Å²) in [6.07, 6.45) is 2.89. The molecule has 1 aromatic carbocycles. The van der Waals surface area contributed by atoms with Crippen molar-refractivity contribution in [3.05, 3.63) is 48.0 Å². The maximum absolute atomic E-state index is 11.1. The summed E-state index contributed by atoms with van der Waals surface area (Å²) in [5, 5.41) is 0. The van der Waals surface area contributed by atoms with E-state index >= 15 is 0 Å². The molecule has 0 radical (unpaired) electrons. The molecule has 1 aromatic rings. The molecular weight excluding hydrogens is 176 g/mol. The Morgan fingerprint density at radius 2 is 2.00 bits per heavy atom. The van der Waals surface area contributed by atoms with E-state index in [1.54, 1.807) is 13.0 Å². The molecule has 1 rings (SSSR count). The highest BCUT2D eigenvalue weighted by molar-refractivity contribution is 5.81. The number of benzene rings is 1. The average molecular weight is 190 g/mol. The number of rotatable bonds is 3. The Labute approximate surface area is 84.2 Å². The van der Waals surface area contributed by atoms with Crippen LogP contribution in [0.4, 0.5) is 0 Å². The highest BCUT2D eigenvalue weighted by atomic mass is 16.5. The van der Waals surface area contributed by atoms with Crippen molar-refractivity contribution in [2.75, 3.05) is 0 Å². The molecule has 0 bridgehead atoms. The van der Waals surface area contributed by atoms with E-state index in [1.807, 2.05) is 37.3 Å². The molecule has 74 valence electrons. The van der Waals surface area contributed by atoms with E-state index in [1.165, 1.54) is 6.08 Å². The Morgan fingerprint density at radius 1 is 1.36 bits per heavy atom. The fourth-order valence-corrected chi connectivity index (χ4v) is 1.14. The second kappa shape index (κ2) is 5.22. The molecule has 0 aliphatic rings. The lowest BCUT2D eigenvalue weighted by Crippen LogP contribution is -2.05. The van der Waals surface area contributed by atoms with Crippen LogP contribution in [0.2, 0.25) is 0 Å². The first-order valence-electron chi connectivity index (χ1n) is 4.62. The first kappa shape index (κ1) is 10.5. The van der Waals surface area contributed by atoms with Crippen LogP contribution in [0.3, 0.4) is 0 Å². The topological polar surface area (TPSA) is 26.3 Å². The van der Waals surface area contributed by atoms with Gasteiger partial charge in [0, 0.05) is 6.08 Å². The van der Waals surface area contributed by atoms with Crippen molar-refractivity contribution >= 4 is 5.97 Å². The van der Waals surface area contributed by atoms with E-state index in [9.17, 15) is 4.79 Å². The van der Waals surface area contributed by atoms with E-state index in [2.05, 4.69) is 0 Å². The molecule has 0 N–H and O–H groups in total. The van der Waals surface area contributed by atoms with Gasteiger partial charge in [-0.25, -0.2) is 4.79 Å². The number of carbonyl (C=O) groups excluding carboxylic acids is 1. The zero-order valence-corrected chi connectivity index (χ0v) is 8.44. The van der Waals surface area contributed by atoms with E-state index in [-0.39, 0.29) is 12.1 Å². The van der Waals surface area contributed by atoms with Gasteiger partial charge in [-0.05, 0) is 19.4 Å². The maximum Gasteiger partial charge on any atom is 0.331 e.